The highest BCUT2D eigenvalue weighted by Crippen LogP contribution is 2.21. The van der Waals surface area contributed by atoms with E-state index in [1.54, 1.807) is 0 Å². The van der Waals surface area contributed by atoms with Crippen LogP contribution in [0.4, 0.5) is 0 Å². The molecule has 0 bridgehead atoms. The maximum Gasteiger partial charge on any atom is 0.205 e. The summed E-state index contributed by atoms with van der Waals surface area (Å²) in [6.45, 7) is 7.00. The maximum atomic E-state index is 5.44. The summed E-state index contributed by atoms with van der Waals surface area (Å²) in [5.41, 5.74) is 2.62. The molecule has 5 nitrogen and oxygen atoms in total. The molecular weight excluding hydrogens is 226 g/mol. The van der Waals surface area contributed by atoms with Gasteiger partial charge >= 0.3 is 0 Å². The number of aliphatic imine (C=N–C) groups is 1. The van der Waals surface area contributed by atoms with Gasteiger partial charge in [0.05, 0.1) is 0 Å². The molecule has 0 aromatic carbocycles. The largest absolute Gasteiger partial charge is 0.354 e. The molecule has 1 rings (SSSR count). The first-order chi connectivity index (χ1) is 8.63. The van der Waals surface area contributed by atoms with Crippen LogP contribution in [-0.4, -0.2) is 43.6 Å². The first-order valence-electron chi connectivity index (χ1n) is 7.08. The van der Waals surface area contributed by atoms with Crippen LogP contribution in [0.15, 0.2) is 4.99 Å². The zero-order chi connectivity index (χ0) is 13.4. The minimum absolute atomic E-state index is 0.552. The average molecular weight is 255 g/mol. The molecule has 0 aromatic rings. The van der Waals surface area contributed by atoms with Crippen LogP contribution in [0.25, 0.3) is 0 Å². The molecule has 1 fully saturated rings. The van der Waals surface area contributed by atoms with Gasteiger partial charge < -0.3 is 10.2 Å². The fourth-order valence-corrected chi connectivity index (χ4v) is 2.30. The Labute approximate surface area is 111 Å². The maximum absolute atomic E-state index is 5.44. The molecule has 0 spiro atoms. The van der Waals surface area contributed by atoms with Crippen molar-refractivity contribution in [3.05, 3.63) is 0 Å². The zero-order valence-corrected chi connectivity index (χ0v) is 12.1. The lowest BCUT2D eigenvalue weighted by molar-refractivity contribution is 0.249. The van der Waals surface area contributed by atoms with Crippen molar-refractivity contribution < 1.29 is 0 Å². The summed E-state index contributed by atoms with van der Waals surface area (Å²) in [6.07, 6.45) is 5.46. The summed E-state index contributed by atoms with van der Waals surface area (Å²) in [6, 6.07) is 0.772. The summed E-state index contributed by atoms with van der Waals surface area (Å²) >= 11 is 0. The Kier molecular flexibility index (Phi) is 7.05. The van der Waals surface area contributed by atoms with Crippen LogP contribution >= 0.6 is 0 Å². The van der Waals surface area contributed by atoms with E-state index in [2.05, 4.69) is 41.5 Å². The van der Waals surface area contributed by atoms with E-state index in [1.807, 2.05) is 0 Å². The number of likely N-dealkylation sites (N-methyl/N-ethyl adjacent to an activating group) is 1. The Bertz CT molecular complexity index is 246. The van der Waals surface area contributed by atoms with Crippen LogP contribution in [0.3, 0.4) is 0 Å². The third-order valence-corrected chi connectivity index (χ3v) is 3.46. The van der Waals surface area contributed by atoms with Crippen molar-refractivity contribution in [3.8, 4) is 0 Å². The van der Waals surface area contributed by atoms with Gasteiger partial charge in [-0.2, -0.15) is 0 Å². The van der Waals surface area contributed by atoms with E-state index in [4.69, 9.17) is 5.84 Å². The highest BCUT2D eigenvalue weighted by Gasteiger charge is 2.18. The molecule has 4 N–H and O–H groups in total. The van der Waals surface area contributed by atoms with Gasteiger partial charge in [-0.1, -0.05) is 26.7 Å². The SMILES string of the molecule is CC(C)CN=C(NN)NCCN(C)C1CCCC1. The smallest absolute Gasteiger partial charge is 0.205 e. The lowest BCUT2D eigenvalue weighted by Crippen LogP contribution is -2.45. The van der Waals surface area contributed by atoms with Crippen LogP contribution in [-0.2, 0) is 0 Å². The van der Waals surface area contributed by atoms with E-state index < -0.39 is 0 Å². The van der Waals surface area contributed by atoms with Crippen LogP contribution in [0.2, 0.25) is 0 Å². The second-order valence-electron chi connectivity index (χ2n) is 5.57. The first-order valence-corrected chi connectivity index (χ1v) is 7.08. The lowest BCUT2D eigenvalue weighted by Gasteiger charge is -2.24. The Hall–Kier alpha value is -0.810. The zero-order valence-electron chi connectivity index (χ0n) is 12.1. The number of nitrogens with one attached hydrogen (secondary N) is 2. The first kappa shape index (κ1) is 15.2. The molecule has 1 aliphatic carbocycles. The molecule has 0 heterocycles. The van der Waals surface area contributed by atoms with E-state index in [-0.39, 0.29) is 0 Å². The van der Waals surface area contributed by atoms with Crippen molar-refractivity contribution >= 4 is 5.96 Å². The number of rotatable bonds is 6. The number of nitrogens with zero attached hydrogens (tertiary/aromatic N) is 2. The molecule has 0 atom stereocenters. The van der Waals surface area contributed by atoms with Crippen LogP contribution in [0, 0.1) is 5.92 Å². The predicted molar refractivity (Wildman–Crippen MR) is 77.4 cm³/mol. The molecule has 0 aromatic heterocycles. The van der Waals surface area contributed by atoms with Crippen molar-refractivity contribution in [2.45, 2.75) is 45.6 Å². The second kappa shape index (κ2) is 8.32. The standard InChI is InChI=1S/C13H29N5/c1-11(2)10-16-13(17-14)15-8-9-18(3)12-6-4-5-7-12/h11-12H,4-10,14H2,1-3H3,(H2,15,16,17). The molecule has 0 saturated heterocycles. The van der Waals surface area contributed by atoms with Gasteiger partial charge in [0, 0.05) is 25.7 Å². The predicted octanol–water partition coefficient (Wildman–Crippen LogP) is 0.926. The minimum atomic E-state index is 0.552. The Balaban J connectivity index is 2.19. The van der Waals surface area contributed by atoms with E-state index in [0.717, 1.165) is 25.7 Å². The van der Waals surface area contributed by atoms with Crippen molar-refractivity contribution in [1.29, 1.82) is 0 Å². The topological polar surface area (TPSA) is 65.7 Å². The lowest BCUT2D eigenvalue weighted by atomic mass is 10.2. The highest BCUT2D eigenvalue weighted by molar-refractivity contribution is 5.79. The highest BCUT2D eigenvalue weighted by atomic mass is 15.3. The quantitative estimate of drug-likeness (QED) is 0.286. The Morgan fingerprint density at radius 3 is 2.61 bits per heavy atom. The number of nitrogens with two attached hydrogens (primary N) is 1. The number of hydrogen-bond acceptors (Lipinski definition) is 3. The molecule has 1 aliphatic rings. The molecule has 18 heavy (non-hydrogen) atoms. The van der Waals surface area contributed by atoms with Gasteiger partial charge in [0.2, 0.25) is 5.96 Å². The third-order valence-electron chi connectivity index (χ3n) is 3.46. The fourth-order valence-electron chi connectivity index (χ4n) is 2.30. The molecule has 1 saturated carbocycles. The molecule has 106 valence electrons. The third kappa shape index (κ3) is 5.69. The molecule has 0 unspecified atom stereocenters. The summed E-state index contributed by atoms with van der Waals surface area (Å²) in [7, 11) is 2.21. The molecule has 0 amide bonds. The van der Waals surface area contributed by atoms with E-state index >= 15 is 0 Å². The Morgan fingerprint density at radius 1 is 1.39 bits per heavy atom. The summed E-state index contributed by atoms with van der Waals surface area (Å²) in [5.74, 6) is 6.69. The van der Waals surface area contributed by atoms with Crippen LogP contribution in [0.1, 0.15) is 39.5 Å². The number of hydrogen-bond donors (Lipinski definition) is 3. The van der Waals surface area contributed by atoms with E-state index in [9.17, 15) is 0 Å². The van der Waals surface area contributed by atoms with Crippen molar-refractivity contribution in [2.75, 3.05) is 26.7 Å². The summed E-state index contributed by atoms with van der Waals surface area (Å²) < 4.78 is 0. The van der Waals surface area contributed by atoms with Crippen molar-refractivity contribution in [3.63, 3.8) is 0 Å². The Morgan fingerprint density at radius 2 is 2.06 bits per heavy atom. The summed E-state index contributed by atoms with van der Waals surface area (Å²) in [5, 5.41) is 3.25. The molecule has 0 radical (unpaired) electrons. The van der Waals surface area contributed by atoms with Gasteiger partial charge in [-0.25, -0.2) is 5.84 Å². The van der Waals surface area contributed by atoms with Gasteiger partial charge in [-0.05, 0) is 25.8 Å². The van der Waals surface area contributed by atoms with Crippen molar-refractivity contribution in [1.82, 2.24) is 15.6 Å². The number of guanidine groups is 1. The summed E-state index contributed by atoms with van der Waals surface area (Å²) in [4.78, 5) is 6.83. The molecule has 0 aliphatic heterocycles. The van der Waals surface area contributed by atoms with Gasteiger partial charge in [0.1, 0.15) is 0 Å². The van der Waals surface area contributed by atoms with Gasteiger partial charge in [-0.15, -0.1) is 0 Å². The van der Waals surface area contributed by atoms with Crippen LogP contribution in [0.5, 0.6) is 0 Å². The van der Waals surface area contributed by atoms with Gasteiger partial charge in [0.15, 0.2) is 0 Å². The number of hydrazine groups is 1. The van der Waals surface area contributed by atoms with Gasteiger partial charge in [0.25, 0.3) is 0 Å². The second-order valence-corrected chi connectivity index (χ2v) is 5.57. The van der Waals surface area contributed by atoms with E-state index in [0.29, 0.717) is 11.9 Å². The van der Waals surface area contributed by atoms with Crippen LogP contribution < -0.4 is 16.6 Å². The monoisotopic (exact) mass is 255 g/mol. The van der Waals surface area contributed by atoms with Gasteiger partial charge in [-0.3, -0.25) is 10.4 Å². The van der Waals surface area contributed by atoms with Crippen molar-refractivity contribution in [2.24, 2.45) is 16.8 Å². The molecule has 5 heteroatoms. The normalized spacial score (nSPS) is 17.8. The minimum Gasteiger partial charge on any atom is -0.354 e. The average Bonchev–Trinajstić information content (AvgIpc) is 2.86. The fraction of sp³-hybridized carbons (Fsp3) is 0.923. The molecular formula is C13H29N5. The van der Waals surface area contributed by atoms with E-state index in [1.165, 1.54) is 25.7 Å².